The number of benzene rings is 1. The third-order valence-corrected chi connectivity index (χ3v) is 3.62. The van der Waals surface area contributed by atoms with Crippen LogP contribution in [0.5, 0.6) is 0 Å². The lowest BCUT2D eigenvalue weighted by Gasteiger charge is -2.35. The Morgan fingerprint density at radius 1 is 1.44 bits per heavy atom. The molecule has 1 aliphatic rings. The number of halogens is 1. The minimum atomic E-state index is 0.0861. The molecule has 2 nitrogen and oxygen atoms in total. The second-order valence-electron chi connectivity index (χ2n) is 4.86. The topological polar surface area (TPSA) is 20.3 Å². The number of hydrogen-bond acceptors (Lipinski definition) is 2. The summed E-state index contributed by atoms with van der Waals surface area (Å²) >= 11 is 6.21. The fourth-order valence-corrected chi connectivity index (χ4v) is 2.72. The minimum Gasteiger partial charge on any atom is -0.365 e. The molecule has 0 atom stereocenters. The molecule has 0 saturated carbocycles. The van der Waals surface area contributed by atoms with E-state index >= 15 is 0 Å². The van der Waals surface area contributed by atoms with E-state index in [0.29, 0.717) is 10.6 Å². The van der Waals surface area contributed by atoms with Crippen LogP contribution in [0.4, 0.5) is 5.69 Å². The van der Waals surface area contributed by atoms with E-state index < -0.39 is 0 Å². The maximum absolute atomic E-state index is 11.1. The van der Waals surface area contributed by atoms with Gasteiger partial charge in [-0.1, -0.05) is 17.7 Å². The zero-order valence-corrected chi connectivity index (χ0v) is 10.4. The molecule has 2 rings (SSSR count). The summed E-state index contributed by atoms with van der Waals surface area (Å²) in [6.07, 6.45) is 3.17. The normalized spacial score (nSPS) is 18.8. The Hall–Kier alpha value is -1.02. The summed E-state index contributed by atoms with van der Waals surface area (Å²) in [5, 5.41) is 0.666. The van der Waals surface area contributed by atoms with Crippen molar-refractivity contribution in [3.8, 4) is 0 Å². The number of aldehydes is 1. The zero-order valence-electron chi connectivity index (χ0n) is 9.66. The second kappa shape index (κ2) is 4.10. The van der Waals surface area contributed by atoms with Gasteiger partial charge in [0.2, 0.25) is 0 Å². The van der Waals surface area contributed by atoms with Gasteiger partial charge in [0.25, 0.3) is 0 Å². The molecule has 3 heteroatoms. The van der Waals surface area contributed by atoms with Crippen LogP contribution in [0, 0.1) is 0 Å². The van der Waals surface area contributed by atoms with E-state index in [0.717, 1.165) is 31.4 Å². The van der Waals surface area contributed by atoms with E-state index in [1.54, 1.807) is 0 Å². The van der Waals surface area contributed by atoms with Crippen molar-refractivity contribution in [3.05, 3.63) is 28.8 Å². The van der Waals surface area contributed by atoms with Crippen LogP contribution in [-0.2, 0) is 0 Å². The van der Waals surface area contributed by atoms with Crippen LogP contribution in [0.15, 0.2) is 18.2 Å². The van der Waals surface area contributed by atoms with Crippen molar-refractivity contribution in [1.82, 2.24) is 0 Å². The lowest BCUT2D eigenvalue weighted by atomic mass is 10.0. The van der Waals surface area contributed by atoms with Crippen molar-refractivity contribution in [2.45, 2.75) is 32.2 Å². The van der Waals surface area contributed by atoms with Crippen LogP contribution in [0.3, 0.4) is 0 Å². The molecule has 0 radical (unpaired) electrons. The van der Waals surface area contributed by atoms with Crippen molar-refractivity contribution in [2.24, 2.45) is 0 Å². The number of carbonyl (C=O) groups is 1. The van der Waals surface area contributed by atoms with Crippen LogP contribution in [0.2, 0.25) is 5.02 Å². The molecule has 0 spiro atoms. The summed E-state index contributed by atoms with van der Waals surface area (Å²) in [6, 6.07) is 5.49. The van der Waals surface area contributed by atoms with Crippen LogP contribution in [0.1, 0.15) is 37.0 Å². The molecule has 0 aliphatic carbocycles. The van der Waals surface area contributed by atoms with Gasteiger partial charge in [0, 0.05) is 17.6 Å². The van der Waals surface area contributed by atoms with Crippen molar-refractivity contribution in [2.75, 3.05) is 11.4 Å². The number of nitrogens with zero attached hydrogens (tertiary/aromatic N) is 1. The number of hydrogen-bond donors (Lipinski definition) is 0. The number of anilines is 1. The highest BCUT2D eigenvalue weighted by Gasteiger charge is 2.34. The Balaban J connectivity index is 2.51. The van der Waals surface area contributed by atoms with Gasteiger partial charge in [-0.05, 0) is 38.8 Å². The van der Waals surface area contributed by atoms with Gasteiger partial charge >= 0.3 is 0 Å². The van der Waals surface area contributed by atoms with E-state index in [1.165, 1.54) is 0 Å². The lowest BCUT2D eigenvalue weighted by Crippen LogP contribution is -2.38. The third kappa shape index (κ3) is 1.82. The summed E-state index contributed by atoms with van der Waals surface area (Å²) < 4.78 is 0. The fraction of sp³-hybridized carbons (Fsp3) is 0.462. The maximum Gasteiger partial charge on any atom is 0.152 e. The Morgan fingerprint density at radius 2 is 2.19 bits per heavy atom. The first-order chi connectivity index (χ1) is 7.56. The molecule has 1 saturated heterocycles. The first-order valence-electron chi connectivity index (χ1n) is 5.57. The van der Waals surface area contributed by atoms with E-state index in [9.17, 15) is 4.79 Å². The molecule has 1 aromatic rings. The molecule has 1 fully saturated rings. The zero-order chi connectivity index (χ0) is 11.8. The van der Waals surface area contributed by atoms with Crippen LogP contribution >= 0.6 is 11.6 Å². The maximum atomic E-state index is 11.1. The molecule has 0 unspecified atom stereocenters. The monoisotopic (exact) mass is 237 g/mol. The predicted octanol–water partition coefficient (Wildman–Crippen LogP) is 3.53. The number of carbonyl (C=O) groups excluding carboxylic acids is 1. The molecule has 1 aliphatic heterocycles. The van der Waals surface area contributed by atoms with Gasteiger partial charge in [-0.2, -0.15) is 0 Å². The first-order valence-corrected chi connectivity index (χ1v) is 5.95. The van der Waals surface area contributed by atoms with E-state index in [1.807, 2.05) is 18.2 Å². The van der Waals surface area contributed by atoms with Gasteiger partial charge < -0.3 is 4.90 Å². The molecular formula is C13H16ClNO. The summed E-state index contributed by atoms with van der Waals surface area (Å²) in [5.74, 6) is 0. The van der Waals surface area contributed by atoms with Gasteiger partial charge in [-0.3, -0.25) is 4.79 Å². The lowest BCUT2D eigenvalue weighted by molar-refractivity contribution is 0.112. The summed E-state index contributed by atoms with van der Waals surface area (Å²) in [6.45, 7) is 5.35. The smallest absolute Gasteiger partial charge is 0.152 e. The Bertz CT molecular complexity index is 414. The average molecular weight is 238 g/mol. The summed E-state index contributed by atoms with van der Waals surface area (Å²) in [5.41, 5.74) is 1.66. The van der Waals surface area contributed by atoms with Crippen molar-refractivity contribution >= 4 is 23.6 Å². The Kier molecular flexibility index (Phi) is 2.94. The molecular weight excluding hydrogens is 222 g/mol. The summed E-state index contributed by atoms with van der Waals surface area (Å²) in [7, 11) is 0. The van der Waals surface area contributed by atoms with Gasteiger partial charge in [0.15, 0.2) is 6.29 Å². The van der Waals surface area contributed by atoms with E-state index in [-0.39, 0.29) is 5.54 Å². The van der Waals surface area contributed by atoms with Crippen LogP contribution in [0.25, 0.3) is 0 Å². The first kappa shape index (κ1) is 11.5. The quantitative estimate of drug-likeness (QED) is 0.734. The molecule has 0 bridgehead atoms. The van der Waals surface area contributed by atoms with Crippen molar-refractivity contribution in [1.29, 1.82) is 0 Å². The third-order valence-electron chi connectivity index (χ3n) is 3.32. The Morgan fingerprint density at radius 3 is 2.75 bits per heavy atom. The van der Waals surface area contributed by atoms with Gasteiger partial charge in [-0.15, -0.1) is 0 Å². The molecule has 86 valence electrons. The average Bonchev–Trinajstić information content (AvgIpc) is 2.57. The van der Waals surface area contributed by atoms with Crippen molar-refractivity contribution in [3.63, 3.8) is 0 Å². The summed E-state index contributed by atoms with van der Waals surface area (Å²) in [4.78, 5) is 13.3. The highest BCUT2D eigenvalue weighted by Crippen LogP contribution is 2.39. The molecule has 0 N–H and O–H groups in total. The highest BCUT2D eigenvalue weighted by atomic mass is 35.5. The molecule has 0 aromatic heterocycles. The fourth-order valence-electron chi connectivity index (χ4n) is 2.43. The molecule has 16 heavy (non-hydrogen) atoms. The standard InChI is InChI=1S/C13H16ClNO/c1-13(2)7-4-8-15(13)12-10(9-16)5-3-6-11(12)14/h3,5-6,9H,4,7-8H2,1-2H3. The highest BCUT2D eigenvalue weighted by molar-refractivity contribution is 6.34. The molecule has 0 amide bonds. The van der Waals surface area contributed by atoms with Crippen LogP contribution in [-0.4, -0.2) is 18.4 Å². The van der Waals surface area contributed by atoms with Crippen molar-refractivity contribution < 1.29 is 4.79 Å². The molecule has 1 heterocycles. The van der Waals surface area contributed by atoms with E-state index in [2.05, 4.69) is 18.7 Å². The second-order valence-corrected chi connectivity index (χ2v) is 5.27. The SMILES string of the molecule is CC1(C)CCCN1c1c(Cl)cccc1C=O. The number of para-hydroxylation sites is 1. The van der Waals surface area contributed by atoms with Gasteiger partial charge in [-0.25, -0.2) is 0 Å². The van der Waals surface area contributed by atoms with Gasteiger partial charge in [0.1, 0.15) is 0 Å². The minimum absolute atomic E-state index is 0.0861. The largest absolute Gasteiger partial charge is 0.365 e. The van der Waals surface area contributed by atoms with Crippen LogP contribution < -0.4 is 4.90 Å². The predicted molar refractivity (Wildman–Crippen MR) is 67.5 cm³/mol. The van der Waals surface area contributed by atoms with Gasteiger partial charge in [0.05, 0.1) is 10.7 Å². The number of rotatable bonds is 2. The van der Waals surface area contributed by atoms with E-state index in [4.69, 9.17) is 11.6 Å². The Labute approximate surface area is 101 Å². The molecule has 1 aromatic carbocycles.